The summed E-state index contributed by atoms with van der Waals surface area (Å²) in [4.78, 5) is 0.205. The Balaban J connectivity index is 1.38. The van der Waals surface area contributed by atoms with Crippen molar-refractivity contribution in [1.82, 2.24) is 0 Å². The zero-order chi connectivity index (χ0) is 28.2. The first kappa shape index (κ1) is 28.9. The Bertz CT molecular complexity index is 1500. The van der Waals surface area contributed by atoms with Gasteiger partial charge in [-0.1, -0.05) is 78.2 Å². The fourth-order valence-corrected chi connectivity index (χ4v) is 4.91. The molecule has 6 heteroatoms. The normalized spacial score (nSPS) is 11.8. The molecule has 0 spiro atoms. The van der Waals surface area contributed by atoms with Crippen molar-refractivity contribution < 1.29 is 22.6 Å². The molecule has 0 heterocycles. The molecule has 0 saturated heterocycles. The standard InChI is InChI=1S/C34H34O5S/c1-27-10-22-34(23-11-27)40(35,36)24-6-9-32(38-26-30-15-17-31(37-2)18-16-30)19-12-28-13-20-33(21-14-28)39-25-29-7-4-3-5-8-29/h3-5,7-8,10-11,13-18,20-23,32H,9,12,19,25-26H2,1-2H3. The van der Waals surface area contributed by atoms with Gasteiger partial charge in [0.1, 0.15) is 18.1 Å². The van der Waals surface area contributed by atoms with Crippen LogP contribution in [0.1, 0.15) is 35.1 Å². The second kappa shape index (κ2) is 14.4. The fourth-order valence-electron chi connectivity index (χ4n) is 4.03. The fraction of sp³-hybridized carbons (Fsp3) is 0.235. The van der Waals surface area contributed by atoms with E-state index in [0.717, 1.165) is 40.2 Å². The summed E-state index contributed by atoms with van der Waals surface area (Å²) < 4.78 is 42.7. The largest absolute Gasteiger partial charge is 0.497 e. The van der Waals surface area contributed by atoms with E-state index in [9.17, 15) is 8.42 Å². The lowest BCUT2D eigenvalue weighted by Crippen LogP contribution is -2.14. The molecular weight excluding hydrogens is 520 g/mol. The Kier molecular flexibility index (Phi) is 10.4. The van der Waals surface area contributed by atoms with Crippen molar-refractivity contribution in [2.75, 3.05) is 7.11 Å². The molecule has 1 unspecified atom stereocenters. The summed E-state index contributed by atoms with van der Waals surface area (Å²) in [6.07, 6.45) is 1.52. The summed E-state index contributed by atoms with van der Waals surface area (Å²) in [5, 5.41) is 2.48. The van der Waals surface area contributed by atoms with Gasteiger partial charge in [0.15, 0.2) is 0 Å². The first-order valence-corrected chi connectivity index (χ1v) is 14.7. The molecular formula is C34H34O5S. The van der Waals surface area contributed by atoms with Gasteiger partial charge in [-0.3, -0.25) is 0 Å². The molecule has 40 heavy (non-hydrogen) atoms. The second-order valence-electron chi connectivity index (χ2n) is 9.54. The molecule has 5 nitrogen and oxygen atoms in total. The molecule has 0 radical (unpaired) electrons. The highest BCUT2D eigenvalue weighted by Gasteiger charge is 2.13. The Morgan fingerprint density at radius 1 is 0.725 bits per heavy atom. The minimum Gasteiger partial charge on any atom is -0.497 e. The average molecular weight is 555 g/mol. The monoisotopic (exact) mass is 554 g/mol. The molecule has 0 aliphatic carbocycles. The van der Waals surface area contributed by atoms with Crippen LogP contribution in [0.25, 0.3) is 0 Å². The maximum Gasteiger partial charge on any atom is 0.245 e. The van der Waals surface area contributed by atoms with E-state index >= 15 is 0 Å². The lowest BCUT2D eigenvalue weighted by Gasteiger charge is -2.16. The summed E-state index contributed by atoms with van der Waals surface area (Å²) in [6.45, 7) is 2.83. The molecule has 206 valence electrons. The van der Waals surface area contributed by atoms with Crippen LogP contribution in [0.5, 0.6) is 11.5 Å². The summed E-state index contributed by atoms with van der Waals surface area (Å²) in [5.74, 6) is 4.46. The van der Waals surface area contributed by atoms with Crippen molar-refractivity contribution in [3.8, 4) is 22.7 Å². The first-order valence-electron chi connectivity index (χ1n) is 13.2. The van der Waals surface area contributed by atoms with Gasteiger partial charge < -0.3 is 14.2 Å². The topological polar surface area (TPSA) is 61.8 Å². The van der Waals surface area contributed by atoms with Crippen molar-refractivity contribution in [3.63, 3.8) is 0 Å². The zero-order valence-electron chi connectivity index (χ0n) is 22.9. The molecule has 4 aromatic rings. The maximum absolute atomic E-state index is 12.7. The molecule has 0 bridgehead atoms. The van der Waals surface area contributed by atoms with Gasteiger partial charge in [0.25, 0.3) is 0 Å². The van der Waals surface area contributed by atoms with Crippen LogP contribution < -0.4 is 9.47 Å². The van der Waals surface area contributed by atoms with Gasteiger partial charge in [0, 0.05) is 11.7 Å². The van der Waals surface area contributed by atoms with Crippen molar-refractivity contribution >= 4 is 9.84 Å². The highest BCUT2D eigenvalue weighted by molar-refractivity contribution is 7.96. The van der Waals surface area contributed by atoms with E-state index in [0.29, 0.717) is 26.1 Å². The molecule has 0 fully saturated rings. The van der Waals surface area contributed by atoms with Gasteiger partial charge in [-0.2, -0.15) is 0 Å². The maximum atomic E-state index is 12.7. The Morgan fingerprint density at radius 3 is 2.02 bits per heavy atom. The molecule has 4 rings (SSSR count). The number of ether oxygens (including phenoxy) is 3. The molecule has 1 atom stereocenters. The summed E-state index contributed by atoms with van der Waals surface area (Å²) in [7, 11) is -2.06. The van der Waals surface area contributed by atoms with Crippen molar-refractivity contribution in [1.29, 1.82) is 0 Å². The van der Waals surface area contributed by atoms with Crippen molar-refractivity contribution in [2.24, 2.45) is 0 Å². The molecule has 0 N–H and O–H groups in total. The third-order valence-corrected chi connectivity index (χ3v) is 7.74. The lowest BCUT2D eigenvalue weighted by molar-refractivity contribution is 0.0386. The van der Waals surface area contributed by atoms with Gasteiger partial charge in [-0.15, -0.1) is 0 Å². The van der Waals surface area contributed by atoms with Gasteiger partial charge in [-0.05, 0) is 72.9 Å². The van der Waals surface area contributed by atoms with E-state index in [4.69, 9.17) is 14.2 Å². The van der Waals surface area contributed by atoms with E-state index in [1.165, 1.54) is 0 Å². The van der Waals surface area contributed by atoms with E-state index in [1.54, 1.807) is 31.4 Å². The predicted octanol–water partition coefficient (Wildman–Crippen LogP) is 6.93. The first-order chi connectivity index (χ1) is 19.4. The number of methoxy groups -OCH3 is 1. The predicted molar refractivity (Wildman–Crippen MR) is 158 cm³/mol. The number of sulfone groups is 1. The number of rotatable bonds is 12. The van der Waals surface area contributed by atoms with E-state index < -0.39 is 9.84 Å². The lowest BCUT2D eigenvalue weighted by atomic mass is 10.0. The Morgan fingerprint density at radius 2 is 1.35 bits per heavy atom. The molecule has 0 amide bonds. The van der Waals surface area contributed by atoms with E-state index in [2.05, 4.69) is 11.2 Å². The van der Waals surface area contributed by atoms with Crippen LogP contribution in [0.4, 0.5) is 0 Å². The van der Waals surface area contributed by atoms with Crippen LogP contribution in [0.15, 0.2) is 108 Å². The van der Waals surface area contributed by atoms with Crippen LogP contribution in [0.3, 0.4) is 0 Å². The minimum atomic E-state index is -3.69. The van der Waals surface area contributed by atoms with E-state index in [-0.39, 0.29) is 11.0 Å². The van der Waals surface area contributed by atoms with Gasteiger partial charge in [-0.25, -0.2) is 8.42 Å². The number of aryl methyl sites for hydroxylation is 2. The molecule has 0 aromatic heterocycles. The molecule has 0 aliphatic rings. The van der Waals surface area contributed by atoms with Crippen LogP contribution in [0.2, 0.25) is 0 Å². The van der Waals surface area contributed by atoms with Crippen molar-refractivity contribution in [2.45, 2.75) is 50.4 Å². The second-order valence-corrected chi connectivity index (χ2v) is 11.2. The summed E-state index contributed by atoms with van der Waals surface area (Å²) in [6, 6.07) is 32.5. The molecule has 0 aliphatic heterocycles. The minimum absolute atomic E-state index is 0.205. The van der Waals surface area contributed by atoms with Crippen molar-refractivity contribution in [3.05, 3.63) is 125 Å². The summed E-state index contributed by atoms with van der Waals surface area (Å²) >= 11 is 0. The zero-order valence-corrected chi connectivity index (χ0v) is 23.7. The third kappa shape index (κ3) is 9.01. The average Bonchev–Trinajstić information content (AvgIpc) is 2.98. The molecule has 4 aromatic carbocycles. The summed E-state index contributed by atoms with van der Waals surface area (Å²) in [5.41, 5.74) is 4.26. The third-order valence-electron chi connectivity index (χ3n) is 6.44. The van der Waals surface area contributed by atoms with Crippen LogP contribution >= 0.6 is 0 Å². The highest BCUT2D eigenvalue weighted by Crippen LogP contribution is 2.19. The van der Waals surface area contributed by atoms with Gasteiger partial charge >= 0.3 is 0 Å². The number of hydrogen-bond donors (Lipinski definition) is 0. The van der Waals surface area contributed by atoms with Crippen LogP contribution in [0, 0.1) is 18.1 Å². The number of hydrogen-bond acceptors (Lipinski definition) is 5. The Labute approximate surface area is 237 Å². The van der Waals surface area contributed by atoms with E-state index in [1.807, 2.05) is 85.8 Å². The smallest absolute Gasteiger partial charge is 0.245 e. The highest BCUT2D eigenvalue weighted by atomic mass is 32.2. The molecule has 0 saturated carbocycles. The van der Waals surface area contributed by atoms with Gasteiger partial charge in [0.2, 0.25) is 9.84 Å². The quantitative estimate of drug-likeness (QED) is 0.140. The van der Waals surface area contributed by atoms with Crippen LogP contribution in [-0.2, 0) is 34.2 Å². The van der Waals surface area contributed by atoms with Gasteiger partial charge in [0.05, 0.1) is 24.7 Å². The Hall–Kier alpha value is -4.05. The SMILES string of the molecule is COc1ccc(COC(CC#CS(=O)(=O)c2ccc(C)cc2)CCc2ccc(OCc3ccccc3)cc2)cc1. The number of benzene rings is 4. The van der Waals surface area contributed by atoms with Crippen LogP contribution in [-0.4, -0.2) is 21.6 Å².